The van der Waals surface area contributed by atoms with E-state index >= 15 is 0 Å². The van der Waals surface area contributed by atoms with Crippen molar-refractivity contribution in [2.45, 2.75) is 38.6 Å². The molecule has 2 fully saturated rings. The highest BCUT2D eigenvalue weighted by atomic mass is 16.2. The van der Waals surface area contributed by atoms with Crippen LogP contribution in [0.3, 0.4) is 0 Å². The number of likely N-dealkylation sites (tertiary alicyclic amines) is 1. The van der Waals surface area contributed by atoms with Crippen molar-refractivity contribution in [2.24, 2.45) is 17.6 Å². The average Bonchev–Trinajstić information content (AvgIpc) is 3.15. The van der Waals surface area contributed by atoms with E-state index in [1.807, 2.05) is 11.9 Å². The number of amides is 1. The number of carbonyl (C=O) groups excluding carboxylic acids is 1. The maximum atomic E-state index is 12.2. The Hall–Kier alpha value is -0.610. The molecule has 1 aliphatic heterocycles. The number of nitrogens with two attached hydrogens (primary N) is 1. The molecule has 0 aromatic heterocycles. The van der Waals surface area contributed by atoms with Crippen LogP contribution in [0, 0.1) is 11.8 Å². The molecule has 1 atom stereocenters. The molecule has 0 aromatic rings. The fourth-order valence-electron chi connectivity index (χ4n) is 2.90. The van der Waals surface area contributed by atoms with Crippen LogP contribution in [-0.4, -0.2) is 55.0 Å². The maximum Gasteiger partial charge on any atom is 0.236 e. The van der Waals surface area contributed by atoms with Gasteiger partial charge in [-0.3, -0.25) is 9.69 Å². The van der Waals surface area contributed by atoms with Crippen molar-refractivity contribution in [3.63, 3.8) is 0 Å². The Morgan fingerprint density at radius 2 is 1.94 bits per heavy atom. The van der Waals surface area contributed by atoms with Gasteiger partial charge in [0.1, 0.15) is 0 Å². The van der Waals surface area contributed by atoms with Crippen molar-refractivity contribution in [1.82, 2.24) is 9.80 Å². The second-order valence-corrected chi connectivity index (χ2v) is 6.12. The molecule has 1 unspecified atom stereocenters. The Kier molecular flexibility index (Phi) is 4.62. The lowest BCUT2D eigenvalue weighted by atomic mass is 9.99. The summed E-state index contributed by atoms with van der Waals surface area (Å²) in [5.74, 6) is 1.78. The minimum Gasteiger partial charge on any atom is -0.342 e. The van der Waals surface area contributed by atoms with Gasteiger partial charge in [0, 0.05) is 25.7 Å². The van der Waals surface area contributed by atoms with Crippen LogP contribution >= 0.6 is 0 Å². The van der Waals surface area contributed by atoms with E-state index in [9.17, 15) is 4.79 Å². The van der Waals surface area contributed by atoms with Gasteiger partial charge in [-0.05, 0) is 44.6 Å². The van der Waals surface area contributed by atoms with Crippen molar-refractivity contribution in [3.8, 4) is 0 Å². The second-order valence-electron chi connectivity index (χ2n) is 6.12. The van der Waals surface area contributed by atoms with Crippen molar-refractivity contribution in [3.05, 3.63) is 0 Å². The molecule has 0 spiro atoms. The summed E-state index contributed by atoms with van der Waals surface area (Å²) in [6.45, 7) is 5.35. The zero-order valence-corrected chi connectivity index (χ0v) is 11.8. The fourth-order valence-corrected chi connectivity index (χ4v) is 2.90. The minimum atomic E-state index is 0.281. The van der Waals surface area contributed by atoms with Crippen molar-refractivity contribution in [2.75, 3.05) is 33.2 Å². The predicted molar refractivity (Wildman–Crippen MR) is 73.2 cm³/mol. The smallest absolute Gasteiger partial charge is 0.236 e. The summed E-state index contributed by atoms with van der Waals surface area (Å²) in [5, 5.41) is 0. The molecule has 104 valence electrons. The third-order valence-corrected chi connectivity index (χ3v) is 4.49. The first kappa shape index (κ1) is 13.8. The maximum absolute atomic E-state index is 12.2. The molecule has 1 amide bonds. The van der Waals surface area contributed by atoms with Gasteiger partial charge < -0.3 is 10.6 Å². The van der Waals surface area contributed by atoms with Crippen LogP contribution in [-0.2, 0) is 4.79 Å². The lowest BCUT2D eigenvalue weighted by Crippen LogP contribution is -2.47. The summed E-state index contributed by atoms with van der Waals surface area (Å²) < 4.78 is 0. The van der Waals surface area contributed by atoms with Gasteiger partial charge >= 0.3 is 0 Å². The zero-order valence-electron chi connectivity index (χ0n) is 11.8. The van der Waals surface area contributed by atoms with Crippen LogP contribution in [0.25, 0.3) is 0 Å². The van der Waals surface area contributed by atoms with Gasteiger partial charge in [-0.2, -0.15) is 0 Å². The Morgan fingerprint density at radius 1 is 1.33 bits per heavy atom. The van der Waals surface area contributed by atoms with Crippen LogP contribution in [0.5, 0.6) is 0 Å². The number of rotatable bonds is 5. The van der Waals surface area contributed by atoms with E-state index in [-0.39, 0.29) is 5.91 Å². The van der Waals surface area contributed by atoms with E-state index in [0.29, 0.717) is 19.1 Å². The highest BCUT2D eigenvalue weighted by Crippen LogP contribution is 2.34. The molecule has 2 rings (SSSR count). The van der Waals surface area contributed by atoms with Crippen molar-refractivity contribution in [1.29, 1.82) is 0 Å². The molecule has 1 saturated heterocycles. The van der Waals surface area contributed by atoms with E-state index in [1.165, 1.54) is 12.8 Å². The monoisotopic (exact) mass is 253 g/mol. The number of hydrogen-bond donors (Lipinski definition) is 1. The third-order valence-electron chi connectivity index (χ3n) is 4.49. The average molecular weight is 253 g/mol. The number of piperidine rings is 1. The first-order chi connectivity index (χ1) is 8.61. The first-order valence-corrected chi connectivity index (χ1v) is 7.30. The van der Waals surface area contributed by atoms with Crippen LogP contribution < -0.4 is 5.73 Å². The topological polar surface area (TPSA) is 49.6 Å². The summed E-state index contributed by atoms with van der Waals surface area (Å²) in [6.07, 6.45) is 4.86. The molecule has 0 bridgehead atoms. The fraction of sp³-hybridized carbons (Fsp3) is 0.929. The quantitative estimate of drug-likeness (QED) is 0.792. The largest absolute Gasteiger partial charge is 0.342 e. The number of carbonyl (C=O) groups is 1. The molecule has 1 aliphatic carbocycles. The molecule has 0 aromatic carbocycles. The Balaban J connectivity index is 1.79. The van der Waals surface area contributed by atoms with Gasteiger partial charge in [0.2, 0.25) is 5.91 Å². The summed E-state index contributed by atoms with van der Waals surface area (Å²) in [6, 6.07) is 0.401. The molecule has 1 saturated carbocycles. The summed E-state index contributed by atoms with van der Waals surface area (Å²) >= 11 is 0. The molecule has 2 aliphatic rings. The first-order valence-electron chi connectivity index (χ1n) is 7.30. The third kappa shape index (κ3) is 3.45. The van der Waals surface area contributed by atoms with Crippen LogP contribution in [0.2, 0.25) is 0 Å². The standard InChI is InChI=1S/C14H27N3O/c1-11-5-7-17(8-6-11)14(18)10-16(2)13(9-15)12-3-4-12/h11-13H,3-10,15H2,1-2H3. The Morgan fingerprint density at radius 3 is 2.44 bits per heavy atom. The molecule has 4 nitrogen and oxygen atoms in total. The summed E-state index contributed by atoms with van der Waals surface area (Å²) in [4.78, 5) is 16.4. The van der Waals surface area contributed by atoms with Gasteiger partial charge in [0.05, 0.1) is 6.54 Å². The van der Waals surface area contributed by atoms with E-state index in [2.05, 4.69) is 11.8 Å². The van der Waals surface area contributed by atoms with Crippen molar-refractivity contribution >= 4 is 5.91 Å². The molecule has 2 N–H and O–H groups in total. The van der Waals surface area contributed by atoms with Crippen LogP contribution in [0.15, 0.2) is 0 Å². The number of likely N-dealkylation sites (N-methyl/N-ethyl adjacent to an activating group) is 1. The number of nitrogens with zero attached hydrogens (tertiary/aromatic N) is 2. The molecular weight excluding hydrogens is 226 g/mol. The zero-order chi connectivity index (χ0) is 13.1. The van der Waals surface area contributed by atoms with E-state index in [0.717, 1.165) is 37.8 Å². The molecule has 1 heterocycles. The van der Waals surface area contributed by atoms with Gasteiger partial charge in [-0.1, -0.05) is 6.92 Å². The van der Waals surface area contributed by atoms with E-state index in [4.69, 9.17) is 5.73 Å². The van der Waals surface area contributed by atoms with E-state index < -0.39 is 0 Å². The number of hydrogen-bond acceptors (Lipinski definition) is 3. The van der Waals surface area contributed by atoms with Gasteiger partial charge in [0.25, 0.3) is 0 Å². The van der Waals surface area contributed by atoms with Gasteiger partial charge in [-0.25, -0.2) is 0 Å². The second kappa shape index (κ2) is 6.02. The minimum absolute atomic E-state index is 0.281. The van der Waals surface area contributed by atoms with Gasteiger partial charge in [0.15, 0.2) is 0 Å². The van der Waals surface area contributed by atoms with Gasteiger partial charge in [-0.15, -0.1) is 0 Å². The van der Waals surface area contributed by atoms with E-state index in [1.54, 1.807) is 0 Å². The molecule has 0 radical (unpaired) electrons. The van der Waals surface area contributed by atoms with Crippen LogP contribution in [0.1, 0.15) is 32.6 Å². The molecule has 18 heavy (non-hydrogen) atoms. The summed E-state index contributed by atoms with van der Waals surface area (Å²) in [5.41, 5.74) is 5.82. The normalized spacial score (nSPS) is 23.4. The summed E-state index contributed by atoms with van der Waals surface area (Å²) in [7, 11) is 2.04. The Bertz CT molecular complexity index is 283. The predicted octanol–water partition coefficient (Wildman–Crippen LogP) is 0.914. The highest BCUT2D eigenvalue weighted by Gasteiger charge is 2.34. The molecule has 4 heteroatoms. The van der Waals surface area contributed by atoms with Crippen LogP contribution in [0.4, 0.5) is 0 Å². The SMILES string of the molecule is CC1CCN(C(=O)CN(C)C(CN)C2CC2)CC1. The molecular formula is C14H27N3O. The lowest BCUT2D eigenvalue weighted by molar-refractivity contribution is -0.134. The highest BCUT2D eigenvalue weighted by molar-refractivity contribution is 5.78. The Labute approximate surface area is 110 Å². The lowest BCUT2D eigenvalue weighted by Gasteiger charge is -2.33. The van der Waals surface area contributed by atoms with Crippen molar-refractivity contribution < 1.29 is 4.79 Å².